The summed E-state index contributed by atoms with van der Waals surface area (Å²) < 4.78 is 10.1. The minimum Gasteiger partial charge on any atom is -0.478 e. The van der Waals surface area contributed by atoms with Gasteiger partial charge < -0.3 is 25.0 Å². The SMILES string of the molecule is COC(=O)Nc1cc2onc(C(=O)Nc3ccc(C#N)cc3C(=O)O)c2cc1-c1ccc(NC(C)=O)cc1C. The number of nitrogens with one attached hydrogen (secondary N) is 3. The number of carboxylic acids is 1. The monoisotopic (exact) mass is 527 g/mol. The molecule has 0 aliphatic carbocycles. The fourth-order valence-electron chi connectivity index (χ4n) is 3.96. The highest BCUT2D eigenvalue weighted by molar-refractivity contribution is 6.14. The molecule has 0 aliphatic heterocycles. The Morgan fingerprint density at radius 3 is 2.38 bits per heavy atom. The highest BCUT2D eigenvalue weighted by Gasteiger charge is 2.22. The Hall–Kier alpha value is -5.70. The maximum absolute atomic E-state index is 13.2. The van der Waals surface area contributed by atoms with Crippen molar-refractivity contribution in [1.82, 2.24) is 5.16 Å². The number of nitriles is 1. The number of benzene rings is 3. The summed E-state index contributed by atoms with van der Waals surface area (Å²) in [7, 11) is 1.21. The molecular formula is C27H21N5O7. The van der Waals surface area contributed by atoms with Gasteiger partial charge >= 0.3 is 12.1 Å². The van der Waals surface area contributed by atoms with Crippen molar-refractivity contribution in [3.8, 4) is 17.2 Å². The highest BCUT2D eigenvalue weighted by Crippen LogP contribution is 2.37. The second kappa shape index (κ2) is 10.7. The van der Waals surface area contributed by atoms with Crippen molar-refractivity contribution in [2.45, 2.75) is 13.8 Å². The van der Waals surface area contributed by atoms with E-state index in [1.54, 1.807) is 24.3 Å². The molecule has 0 bridgehead atoms. The number of hydrogen-bond acceptors (Lipinski definition) is 8. The summed E-state index contributed by atoms with van der Waals surface area (Å²) in [5.74, 6) is -2.31. The molecule has 4 rings (SSSR count). The average molecular weight is 527 g/mol. The molecule has 0 saturated carbocycles. The zero-order valence-corrected chi connectivity index (χ0v) is 20.9. The number of nitrogens with zero attached hydrogens (tertiary/aromatic N) is 2. The van der Waals surface area contributed by atoms with E-state index in [1.165, 1.54) is 32.2 Å². The van der Waals surface area contributed by atoms with Crippen LogP contribution in [0.4, 0.5) is 21.9 Å². The third-order valence-electron chi connectivity index (χ3n) is 5.71. The summed E-state index contributed by atoms with van der Waals surface area (Å²) in [4.78, 5) is 48.3. The van der Waals surface area contributed by atoms with Crippen LogP contribution >= 0.6 is 0 Å². The first kappa shape index (κ1) is 26.4. The lowest BCUT2D eigenvalue weighted by molar-refractivity contribution is -0.114. The van der Waals surface area contributed by atoms with Gasteiger partial charge in [-0.25, -0.2) is 9.59 Å². The van der Waals surface area contributed by atoms with E-state index in [-0.39, 0.29) is 39.4 Å². The van der Waals surface area contributed by atoms with Crippen LogP contribution in [0.1, 0.15) is 38.9 Å². The molecule has 12 nitrogen and oxygen atoms in total. The van der Waals surface area contributed by atoms with Crippen molar-refractivity contribution in [3.63, 3.8) is 0 Å². The maximum Gasteiger partial charge on any atom is 0.411 e. The molecule has 39 heavy (non-hydrogen) atoms. The molecule has 4 aromatic rings. The van der Waals surface area contributed by atoms with Crippen LogP contribution < -0.4 is 16.0 Å². The number of methoxy groups -OCH3 is 1. The molecule has 4 N–H and O–H groups in total. The van der Waals surface area contributed by atoms with E-state index in [0.717, 1.165) is 11.6 Å². The van der Waals surface area contributed by atoms with Crippen LogP contribution in [0.15, 0.2) is 53.1 Å². The minimum absolute atomic E-state index is 0.0312. The van der Waals surface area contributed by atoms with Gasteiger partial charge in [-0.3, -0.25) is 14.9 Å². The van der Waals surface area contributed by atoms with Crippen LogP contribution in [0.5, 0.6) is 0 Å². The number of ether oxygens (including phenoxy) is 1. The topological polar surface area (TPSA) is 184 Å². The Morgan fingerprint density at radius 1 is 0.974 bits per heavy atom. The number of aromatic nitrogens is 1. The molecule has 3 aromatic carbocycles. The van der Waals surface area contributed by atoms with Gasteiger partial charge in [0.1, 0.15) is 0 Å². The van der Waals surface area contributed by atoms with Gasteiger partial charge in [-0.05, 0) is 54.4 Å². The van der Waals surface area contributed by atoms with Crippen molar-refractivity contribution >= 4 is 51.9 Å². The van der Waals surface area contributed by atoms with E-state index >= 15 is 0 Å². The smallest absolute Gasteiger partial charge is 0.411 e. The number of carboxylic acid groups (broad SMARTS) is 1. The Labute approximate surface area is 221 Å². The van der Waals surface area contributed by atoms with Crippen molar-refractivity contribution in [2.24, 2.45) is 0 Å². The van der Waals surface area contributed by atoms with Crippen LogP contribution in [0.2, 0.25) is 0 Å². The second-order valence-electron chi connectivity index (χ2n) is 8.38. The van der Waals surface area contributed by atoms with Gasteiger partial charge in [0, 0.05) is 24.2 Å². The van der Waals surface area contributed by atoms with Gasteiger partial charge in [-0.2, -0.15) is 5.26 Å². The molecule has 3 amide bonds. The van der Waals surface area contributed by atoms with Crippen molar-refractivity contribution in [2.75, 3.05) is 23.1 Å². The van der Waals surface area contributed by atoms with E-state index < -0.39 is 18.0 Å². The number of aromatic carboxylic acids is 1. The zero-order chi connectivity index (χ0) is 28.3. The number of hydrogen-bond donors (Lipinski definition) is 4. The molecule has 0 aliphatic rings. The molecule has 196 valence electrons. The number of anilines is 3. The number of rotatable bonds is 6. The van der Waals surface area contributed by atoms with Crippen LogP contribution in [-0.2, 0) is 9.53 Å². The number of carbonyl (C=O) groups excluding carboxylic acids is 3. The summed E-state index contributed by atoms with van der Waals surface area (Å²) in [6.07, 6.45) is -0.734. The lowest BCUT2D eigenvalue weighted by Gasteiger charge is -2.14. The minimum atomic E-state index is -1.33. The molecule has 0 fully saturated rings. The molecule has 0 unspecified atom stereocenters. The van der Waals surface area contributed by atoms with E-state index in [9.17, 15) is 24.3 Å². The summed E-state index contributed by atoms with van der Waals surface area (Å²) in [5, 5.41) is 30.6. The first-order chi connectivity index (χ1) is 18.6. The van der Waals surface area contributed by atoms with Crippen molar-refractivity contribution in [1.29, 1.82) is 5.26 Å². The fraction of sp³-hybridized carbons (Fsp3) is 0.111. The number of carbonyl (C=O) groups is 4. The predicted molar refractivity (Wildman–Crippen MR) is 141 cm³/mol. The standard InChI is InChI=1S/C27H21N5O7/c1-13-8-16(29-14(2)33)5-6-17(13)18-10-20-23(11-22(18)31-27(37)38-3)39-32-24(20)25(34)30-21-7-4-15(12-28)9-19(21)26(35)36/h4-11H,1-3H3,(H,29,33)(H,30,34)(H,31,37)(H,35,36). The van der Waals surface area contributed by atoms with Gasteiger partial charge in [0.05, 0.1) is 41.1 Å². The van der Waals surface area contributed by atoms with E-state index in [4.69, 9.17) is 14.5 Å². The van der Waals surface area contributed by atoms with E-state index in [2.05, 4.69) is 21.1 Å². The highest BCUT2D eigenvalue weighted by atomic mass is 16.5. The third kappa shape index (κ3) is 5.52. The first-order valence-corrected chi connectivity index (χ1v) is 11.4. The van der Waals surface area contributed by atoms with Crippen molar-refractivity contribution in [3.05, 3.63) is 70.9 Å². The number of amides is 3. The zero-order valence-electron chi connectivity index (χ0n) is 20.9. The fourth-order valence-corrected chi connectivity index (χ4v) is 3.96. The number of fused-ring (bicyclic) bond motifs is 1. The Kier molecular flexibility index (Phi) is 7.26. The number of aryl methyl sites for hydroxylation is 1. The summed E-state index contributed by atoms with van der Waals surface area (Å²) in [5.41, 5.74) is 2.66. The predicted octanol–water partition coefficient (Wildman–Crippen LogP) is 4.76. The molecule has 0 atom stereocenters. The Bertz CT molecular complexity index is 1700. The second-order valence-corrected chi connectivity index (χ2v) is 8.38. The van der Waals surface area contributed by atoms with Crippen LogP contribution in [0.25, 0.3) is 22.1 Å². The third-order valence-corrected chi connectivity index (χ3v) is 5.71. The van der Waals surface area contributed by atoms with E-state index in [0.29, 0.717) is 22.5 Å². The Morgan fingerprint density at radius 2 is 1.74 bits per heavy atom. The van der Waals surface area contributed by atoms with Gasteiger partial charge in [-0.15, -0.1) is 0 Å². The van der Waals surface area contributed by atoms with Gasteiger partial charge in [0.25, 0.3) is 5.91 Å². The lowest BCUT2D eigenvalue weighted by atomic mass is 9.96. The Balaban J connectivity index is 1.80. The summed E-state index contributed by atoms with van der Waals surface area (Å²) >= 11 is 0. The van der Waals surface area contributed by atoms with E-state index in [1.807, 2.05) is 13.0 Å². The first-order valence-electron chi connectivity index (χ1n) is 11.4. The van der Waals surface area contributed by atoms with Crippen LogP contribution in [0, 0.1) is 18.3 Å². The maximum atomic E-state index is 13.2. The summed E-state index contributed by atoms with van der Waals surface area (Å²) in [6, 6.07) is 14.0. The van der Waals surface area contributed by atoms with Gasteiger partial charge in [0.15, 0.2) is 11.3 Å². The molecule has 1 aromatic heterocycles. The average Bonchev–Trinajstić information content (AvgIpc) is 3.31. The molecule has 12 heteroatoms. The molecule has 0 radical (unpaired) electrons. The molecular weight excluding hydrogens is 506 g/mol. The normalized spacial score (nSPS) is 10.4. The molecule has 0 spiro atoms. The lowest BCUT2D eigenvalue weighted by Crippen LogP contribution is -2.16. The molecule has 1 heterocycles. The summed E-state index contributed by atoms with van der Waals surface area (Å²) in [6.45, 7) is 3.21. The largest absolute Gasteiger partial charge is 0.478 e. The quantitative estimate of drug-likeness (QED) is 0.274. The van der Waals surface area contributed by atoms with Gasteiger partial charge in [-0.1, -0.05) is 11.2 Å². The van der Waals surface area contributed by atoms with Gasteiger partial charge in [0.2, 0.25) is 5.91 Å². The van der Waals surface area contributed by atoms with Crippen LogP contribution in [0.3, 0.4) is 0 Å². The van der Waals surface area contributed by atoms with Crippen LogP contribution in [-0.4, -0.2) is 41.2 Å². The van der Waals surface area contributed by atoms with Crippen molar-refractivity contribution < 1.29 is 33.5 Å². The molecule has 0 saturated heterocycles.